The van der Waals surface area contributed by atoms with Crippen molar-refractivity contribution in [3.8, 4) is 0 Å². The summed E-state index contributed by atoms with van der Waals surface area (Å²) in [6.07, 6.45) is -1.23. The van der Waals surface area contributed by atoms with Gasteiger partial charge in [-0.05, 0) is 43.4 Å². The van der Waals surface area contributed by atoms with Gasteiger partial charge in [0, 0.05) is 12.5 Å². The third-order valence-electron chi connectivity index (χ3n) is 3.26. The van der Waals surface area contributed by atoms with Gasteiger partial charge in [-0.2, -0.15) is 18.2 Å². The molecule has 0 saturated heterocycles. The van der Waals surface area contributed by atoms with Crippen molar-refractivity contribution in [2.24, 2.45) is 5.92 Å². The first kappa shape index (κ1) is 13.6. The van der Waals surface area contributed by atoms with Gasteiger partial charge in [-0.1, -0.05) is 5.16 Å². The van der Waals surface area contributed by atoms with Gasteiger partial charge >= 0.3 is 12.1 Å². The number of nitrogens with one attached hydrogen (secondary N) is 1. The molecule has 2 rings (SSSR count). The Morgan fingerprint density at radius 1 is 1.28 bits per heavy atom. The minimum atomic E-state index is -4.56. The van der Waals surface area contributed by atoms with Gasteiger partial charge in [0.15, 0.2) is 5.82 Å². The summed E-state index contributed by atoms with van der Waals surface area (Å²) in [7, 11) is 0. The molecule has 0 aliphatic heterocycles. The van der Waals surface area contributed by atoms with Crippen molar-refractivity contribution in [1.82, 2.24) is 15.0 Å². The van der Waals surface area contributed by atoms with E-state index in [9.17, 15) is 13.2 Å². The standard InChI is InChI=1S/C10H13ClF3N3O/c11-15-5-6-1-3-7(4-2-6)8-16-9(18-17-8)10(12,13)14/h6-7,15H,1-5H2. The SMILES string of the molecule is FC(F)(F)c1nc(C2CCC(CNCl)CC2)no1. The average Bonchev–Trinajstić information content (AvgIpc) is 2.79. The van der Waals surface area contributed by atoms with Crippen molar-refractivity contribution in [1.29, 1.82) is 0 Å². The Morgan fingerprint density at radius 3 is 2.44 bits per heavy atom. The lowest BCUT2D eigenvalue weighted by Crippen LogP contribution is -2.21. The number of hydrogen-bond donors (Lipinski definition) is 1. The molecule has 1 heterocycles. The van der Waals surface area contributed by atoms with Crippen molar-refractivity contribution in [3.63, 3.8) is 0 Å². The Balaban J connectivity index is 1.95. The van der Waals surface area contributed by atoms with Crippen LogP contribution >= 0.6 is 11.8 Å². The third kappa shape index (κ3) is 3.14. The van der Waals surface area contributed by atoms with E-state index < -0.39 is 12.1 Å². The molecule has 0 unspecified atom stereocenters. The molecule has 0 bridgehead atoms. The van der Waals surface area contributed by atoms with Crippen LogP contribution in [-0.2, 0) is 6.18 Å². The van der Waals surface area contributed by atoms with Gasteiger partial charge < -0.3 is 4.52 Å². The first-order valence-electron chi connectivity index (χ1n) is 5.75. The van der Waals surface area contributed by atoms with Crippen LogP contribution in [0.1, 0.15) is 43.3 Å². The summed E-state index contributed by atoms with van der Waals surface area (Å²) in [4.78, 5) is 6.02. The molecule has 8 heteroatoms. The fraction of sp³-hybridized carbons (Fsp3) is 0.800. The summed E-state index contributed by atoms with van der Waals surface area (Å²) < 4.78 is 41.2. The summed E-state index contributed by atoms with van der Waals surface area (Å²) in [5, 5.41) is 3.43. The first-order chi connectivity index (χ1) is 8.50. The number of alkyl halides is 3. The van der Waals surface area contributed by atoms with Crippen molar-refractivity contribution in [2.45, 2.75) is 37.8 Å². The minimum Gasteiger partial charge on any atom is -0.329 e. The minimum absolute atomic E-state index is 0.0450. The summed E-state index contributed by atoms with van der Waals surface area (Å²) in [6.45, 7) is 0.717. The molecule has 1 N–H and O–H groups in total. The molecular formula is C10H13ClF3N3O. The van der Waals surface area contributed by atoms with Crippen molar-refractivity contribution >= 4 is 11.8 Å². The van der Waals surface area contributed by atoms with E-state index in [0.29, 0.717) is 12.5 Å². The zero-order valence-corrected chi connectivity index (χ0v) is 10.3. The lowest BCUT2D eigenvalue weighted by Gasteiger charge is -2.25. The summed E-state index contributed by atoms with van der Waals surface area (Å²) in [5.41, 5.74) is 0. The maximum absolute atomic E-state index is 12.3. The molecule has 102 valence electrons. The number of rotatable bonds is 3. The Kier molecular flexibility index (Phi) is 4.11. The number of halogens is 4. The lowest BCUT2D eigenvalue weighted by atomic mass is 9.82. The molecule has 4 nitrogen and oxygen atoms in total. The van der Waals surface area contributed by atoms with E-state index in [2.05, 4.69) is 19.5 Å². The van der Waals surface area contributed by atoms with Crippen molar-refractivity contribution in [3.05, 3.63) is 11.7 Å². The van der Waals surface area contributed by atoms with Crippen LogP contribution in [0.2, 0.25) is 0 Å². The van der Waals surface area contributed by atoms with Crippen LogP contribution < -0.4 is 4.84 Å². The van der Waals surface area contributed by atoms with Crippen molar-refractivity contribution in [2.75, 3.05) is 6.54 Å². The van der Waals surface area contributed by atoms with Crippen molar-refractivity contribution < 1.29 is 17.7 Å². The van der Waals surface area contributed by atoms with Gasteiger partial charge in [0.25, 0.3) is 0 Å². The molecule has 1 aromatic heterocycles. The predicted octanol–water partition coefficient (Wildman–Crippen LogP) is 3.11. The van der Waals surface area contributed by atoms with Crippen LogP contribution in [-0.4, -0.2) is 16.7 Å². The third-order valence-corrected chi connectivity index (χ3v) is 3.42. The Hall–Kier alpha value is -0.820. The topological polar surface area (TPSA) is 51.0 Å². The zero-order valence-electron chi connectivity index (χ0n) is 9.50. The maximum Gasteiger partial charge on any atom is 0.471 e. The molecule has 0 aromatic carbocycles. The average molecular weight is 284 g/mol. The quantitative estimate of drug-likeness (QED) is 0.866. The first-order valence-corrected chi connectivity index (χ1v) is 6.12. The molecule has 0 spiro atoms. The second kappa shape index (κ2) is 5.44. The highest BCUT2D eigenvalue weighted by atomic mass is 35.5. The largest absolute Gasteiger partial charge is 0.471 e. The van der Waals surface area contributed by atoms with Gasteiger partial charge in [-0.25, -0.2) is 4.84 Å². The number of nitrogens with zero attached hydrogens (tertiary/aromatic N) is 2. The molecule has 18 heavy (non-hydrogen) atoms. The molecule has 1 fully saturated rings. The Bertz CT molecular complexity index is 388. The highest BCUT2D eigenvalue weighted by Crippen LogP contribution is 2.36. The van der Waals surface area contributed by atoms with Crippen LogP contribution in [0.5, 0.6) is 0 Å². The van der Waals surface area contributed by atoms with E-state index in [1.54, 1.807) is 0 Å². The molecule has 1 aliphatic rings. The van der Waals surface area contributed by atoms with E-state index >= 15 is 0 Å². The fourth-order valence-electron chi connectivity index (χ4n) is 2.25. The van der Waals surface area contributed by atoms with Crippen LogP contribution in [0.25, 0.3) is 0 Å². The highest BCUT2D eigenvalue weighted by molar-refractivity contribution is 6.13. The summed E-state index contributed by atoms with van der Waals surface area (Å²) >= 11 is 5.43. The normalized spacial score (nSPS) is 25.3. The monoisotopic (exact) mass is 283 g/mol. The van der Waals surface area contributed by atoms with Gasteiger partial charge in [-0.15, -0.1) is 0 Å². The number of hydrogen-bond acceptors (Lipinski definition) is 4. The zero-order chi connectivity index (χ0) is 13.2. The van der Waals surface area contributed by atoms with Gasteiger partial charge in [0.2, 0.25) is 0 Å². The second-order valence-electron chi connectivity index (χ2n) is 4.51. The van der Waals surface area contributed by atoms with Crippen LogP contribution in [0, 0.1) is 5.92 Å². The highest BCUT2D eigenvalue weighted by Gasteiger charge is 2.39. The molecule has 1 aliphatic carbocycles. The van der Waals surface area contributed by atoms with Crippen LogP contribution in [0.15, 0.2) is 4.52 Å². The van der Waals surface area contributed by atoms with E-state index in [1.165, 1.54) is 0 Å². The molecule has 0 radical (unpaired) electrons. The summed E-state index contributed by atoms with van der Waals surface area (Å²) in [6, 6.07) is 0. The van der Waals surface area contributed by atoms with Crippen LogP contribution in [0.3, 0.4) is 0 Å². The molecule has 1 saturated carbocycles. The van der Waals surface area contributed by atoms with E-state index in [0.717, 1.165) is 25.7 Å². The second-order valence-corrected chi connectivity index (χ2v) is 4.78. The van der Waals surface area contributed by atoms with E-state index in [-0.39, 0.29) is 11.7 Å². The van der Waals surface area contributed by atoms with Gasteiger partial charge in [-0.3, -0.25) is 0 Å². The molecule has 0 amide bonds. The van der Waals surface area contributed by atoms with E-state index in [4.69, 9.17) is 11.8 Å². The van der Waals surface area contributed by atoms with Gasteiger partial charge in [0.1, 0.15) is 0 Å². The Labute approximate surface area is 107 Å². The molecule has 1 aromatic rings. The van der Waals surface area contributed by atoms with Crippen LogP contribution in [0.4, 0.5) is 13.2 Å². The smallest absolute Gasteiger partial charge is 0.329 e. The fourth-order valence-corrected chi connectivity index (χ4v) is 2.47. The van der Waals surface area contributed by atoms with Gasteiger partial charge in [0.05, 0.1) is 0 Å². The maximum atomic E-state index is 12.3. The predicted molar refractivity (Wildman–Crippen MR) is 57.9 cm³/mol. The number of aromatic nitrogens is 2. The summed E-state index contributed by atoms with van der Waals surface area (Å²) in [5.74, 6) is -0.675. The molecular weight excluding hydrogens is 271 g/mol. The Morgan fingerprint density at radius 2 is 1.94 bits per heavy atom. The molecule has 0 atom stereocenters. The van der Waals surface area contributed by atoms with E-state index in [1.807, 2.05) is 0 Å². The lowest BCUT2D eigenvalue weighted by molar-refractivity contribution is -0.159.